The molecule has 0 atom stereocenters. The van der Waals surface area contributed by atoms with Crippen LogP contribution in [0.4, 0.5) is 5.69 Å². The molecule has 3 rings (SSSR count). The molecule has 0 aliphatic carbocycles. The number of hydrogen-bond donors (Lipinski definition) is 2. The van der Waals surface area contributed by atoms with E-state index in [4.69, 9.17) is 0 Å². The predicted molar refractivity (Wildman–Crippen MR) is 93.1 cm³/mol. The van der Waals surface area contributed by atoms with Gasteiger partial charge >= 0.3 is 0 Å². The number of nitrogens with one attached hydrogen (secondary N) is 1. The molecule has 1 aromatic heterocycles. The van der Waals surface area contributed by atoms with Crippen LogP contribution in [0.15, 0.2) is 54.6 Å². The zero-order chi connectivity index (χ0) is 15.7. The Balaban J connectivity index is 2.28. The summed E-state index contributed by atoms with van der Waals surface area (Å²) in [7, 11) is 2.09. The first-order valence-electron chi connectivity index (χ1n) is 7.55. The lowest BCUT2D eigenvalue weighted by Gasteiger charge is -2.25. The van der Waals surface area contributed by atoms with E-state index in [0.29, 0.717) is 0 Å². The molecule has 1 heterocycles. The topological polar surface area (TPSA) is 37.2 Å². The van der Waals surface area contributed by atoms with Crippen LogP contribution in [0.3, 0.4) is 0 Å². The molecular formula is C19H22N2O. The van der Waals surface area contributed by atoms with Crippen LogP contribution in [0, 0.1) is 0 Å². The van der Waals surface area contributed by atoms with Crippen molar-refractivity contribution >= 4 is 16.6 Å². The number of anilines is 1. The molecule has 2 N–H and O–H groups in total. The van der Waals surface area contributed by atoms with Crippen molar-refractivity contribution < 1.29 is 5.11 Å². The van der Waals surface area contributed by atoms with E-state index in [2.05, 4.69) is 47.3 Å². The van der Waals surface area contributed by atoms with Crippen molar-refractivity contribution in [3.05, 3.63) is 54.6 Å². The van der Waals surface area contributed by atoms with E-state index in [1.807, 2.05) is 38.1 Å². The fourth-order valence-corrected chi connectivity index (χ4v) is 2.83. The largest absolute Gasteiger partial charge is 0.394 e. The van der Waals surface area contributed by atoms with Gasteiger partial charge in [-0.3, -0.25) is 0 Å². The molecule has 0 radical (unpaired) electrons. The molecule has 0 amide bonds. The van der Waals surface area contributed by atoms with Crippen molar-refractivity contribution in [1.29, 1.82) is 0 Å². The summed E-state index contributed by atoms with van der Waals surface area (Å²) < 4.78 is 2.21. The number of aromatic nitrogens is 1. The number of benzene rings is 2. The van der Waals surface area contributed by atoms with Crippen LogP contribution < -0.4 is 5.32 Å². The minimum Gasteiger partial charge on any atom is -0.394 e. The Morgan fingerprint density at radius 3 is 2.32 bits per heavy atom. The van der Waals surface area contributed by atoms with Gasteiger partial charge in [0, 0.05) is 18.0 Å². The van der Waals surface area contributed by atoms with Gasteiger partial charge < -0.3 is 15.0 Å². The smallest absolute Gasteiger partial charge is 0.0724 e. The van der Waals surface area contributed by atoms with Crippen LogP contribution in [0.25, 0.3) is 22.2 Å². The standard InChI is InChI=1S/C19H22N2O/c1-19(2,13-22)20-17-15-11-7-8-12-16(15)21(3)18(17)14-9-5-4-6-10-14/h4-12,20,22H,13H2,1-3H3. The van der Waals surface area contributed by atoms with Gasteiger partial charge in [-0.15, -0.1) is 0 Å². The first-order valence-corrected chi connectivity index (χ1v) is 7.55. The fraction of sp³-hybridized carbons (Fsp3) is 0.263. The quantitative estimate of drug-likeness (QED) is 0.762. The number of aliphatic hydroxyl groups excluding tert-OH is 1. The maximum Gasteiger partial charge on any atom is 0.0724 e. The zero-order valence-corrected chi connectivity index (χ0v) is 13.3. The van der Waals surface area contributed by atoms with E-state index in [0.717, 1.165) is 16.9 Å². The average molecular weight is 294 g/mol. The molecule has 0 spiro atoms. The van der Waals surface area contributed by atoms with E-state index in [9.17, 15) is 5.11 Å². The summed E-state index contributed by atoms with van der Waals surface area (Å²) in [6.07, 6.45) is 0. The van der Waals surface area contributed by atoms with Gasteiger partial charge in [0.25, 0.3) is 0 Å². The molecule has 114 valence electrons. The molecule has 0 bridgehead atoms. The van der Waals surface area contributed by atoms with Gasteiger partial charge in [0.05, 0.1) is 29.0 Å². The van der Waals surface area contributed by atoms with E-state index in [1.54, 1.807) is 0 Å². The second-order valence-electron chi connectivity index (χ2n) is 6.33. The first kappa shape index (κ1) is 14.7. The Morgan fingerprint density at radius 1 is 1.00 bits per heavy atom. The number of nitrogens with zero attached hydrogens (tertiary/aromatic N) is 1. The third kappa shape index (κ3) is 2.48. The van der Waals surface area contributed by atoms with Gasteiger partial charge in [-0.2, -0.15) is 0 Å². The number of aryl methyl sites for hydroxylation is 1. The number of rotatable bonds is 4. The third-order valence-electron chi connectivity index (χ3n) is 4.01. The highest BCUT2D eigenvalue weighted by molar-refractivity contribution is 6.02. The molecule has 3 heteroatoms. The summed E-state index contributed by atoms with van der Waals surface area (Å²) in [6, 6.07) is 18.7. The Labute approximate surface area is 131 Å². The van der Waals surface area contributed by atoms with Crippen molar-refractivity contribution in [3.8, 4) is 11.3 Å². The lowest BCUT2D eigenvalue weighted by Crippen LogP contribution is -2.35. The second-order valence-corrected chi connectivity index (χ2v) is 6.33. The average Bonchev–Trinajstić information content (AvgIpc) is 2.81. The number of para-hydroxylation sites is 1. The number of aliphatic hydroxyl groups is 1. The van der Waals surface area contributed by atoms with Gasteiger partial charge in [0.2, 0.25) is 0 Å². The maximum absolute atomic E-state index is 9.63. The second kappa shape index (κ2) is 5.50. The van der Waals surface area contributed by atoms with Crippen LogP contribution >= 0.6 is 0 Å². The van der Waals surface area contributed by atoms with Gasteiger partial charge in [0.1, 0.15) is 0 Å². The molecule has 0 fully saturated rings. The maximum atomic E-state index is 9.63. The summed E-state index contributed by atoms with van der Waals surface area (Å²) in [5, 5.41) is 14.3. The van der Waals surface area contributed by atoms with Crippen LogP contribution in [0.2, 0.25) is 0 Å². The molecule has 0 aliphatic rings. The summed E-state index contributed by atoms with van der Waals surface area (Å²) in [5.74, 6) is 0. The lowest BCUT2D eigenvalue weighted by atomic mass is 10.0. The third-order valence-corrected chi connectivity index (χ3v) is 4.01. The highest BCUT2D eigenvalue weighted by Gasteiger charge is 2.22. The Morgan fingerprint density at radius 2 is 1.64 bits per heavy atom. The number of hydrogen-bond acceptors (Lipinski definition) is 2. The molecule has 2 aromatic carbocycles. The predicted octanol–water partition coefficient (Wildman–Crippen LogP) is 4.03. The Bertz CT molecular complexity index is 788. The van der Waals surface area contributed by atoms with Gasteiger partial charge in [-0.25, -0.2) is 0 Å². The SMILES string of the molecule is Cn1c(-c2ccccc2)c(NC(C)(C)CO)c2ccccc21. The monoisotopic (exact) mass is 294 g/mol. The van der Waals surface area contributed by atoms with Gasteiger partial charge in [-0.1, -0.05) is 48.5 Å². The molecule has 3 nitrogen and oxygen atoms in total. The van der Waals surface area contributed by atoms with Crippen LogP contribution in [0.5, 0.6) is 0 Å². The van der Waals surface area contributed by atoms with Crippen molar-refractivity contribution in [1.82, 2.24) is 4.57 Å². The molecule has 0 saturated carbocycles. The molecular weight excluding hydrogens is 272 g/mol. The van der Waals surface area contributed by atoms with Crippen molar-refractivity contribution in [2.24, 2.45) is 7.05 Å². The summed E-state index contributed by atoms with van der Waals surface area (Å²) in [6.45, 7) is 4.08. The normalized spacial score (nSPS) is 11.8. The highest BCUT2D eigenvalue weighted by Crippen LogP contribution is 2.38. The minimum absolute atomic E-state index is 0.0739. The molecule has 0 saturated heterocycles. The van der Waals surface area contributed by atoms with E-state index in [1.165, 1.54) is 10.9 Å². The molecule has 0 unspecified atom stereocenters. The summed E-state index contributed by atoms with van der Waals surface area (Å²) in [4.78, 5) is 0. The molecule has 3 aromatic rings. The molecule has 22 heavy (non-hydrogen) atoms. The van der Waals surface area contributed by atoms with E-state index < -0.39 is 0 Å². The number of fused-ring (bicyclic) bond motifs is 1. The van der Waals surface area contributed by atoms with Gasteiger partial charge in [-0.05, 0) is 19.9 Å². The van der Waals surface area contributed by atoms with Crippen LogP contribution in [-0.2, 0) is 7.05 Å². The van der Waals surface area contributed by atoms with Crippen LogP contribution in [-0.4, -0.2) is 21.8 Å². The Hall–Kier alpha value is -2.26. The minimum atomic E-state index is -0.381. The van der Waals surface area contributed by atoms with E-state index in [-0.39, 0.29) is 12.1 Å². The van der Waals surface area contributed by atoms with E-state index >= 15 is 0 Å². The summed E-state index contributed by atoms with van der Waals surface area (Å²) in [5.41, 5.74) is 4.18. The highest BCUT2D eigenvalue weighted by atomic mass is 16.3. The van der Waals surface area contributed by atoms with Crippen LogP contribution in [0.1, 0.15) is 13.8 Å². The van der Waals surface area contributed by atoms with Crippen molar-refractivity contribution in [2.75, 3.05) is 11.9 Å². The fourth-order valence-electron chi connectivity index (χ4n) is 2.83. The lowest BCUT2D eigenvalue weighted by molar-refractivity contribution is 0.234. The van der Waals surface area contributed by atoms with Crippen molar-refractivity contribution in [3.63, 3.8) is 0 Å². The molecule has 0 aliphatic heterocycles. The first-order chi connectivity index (χ1) is 10.5. The van der Waals surface area contributed by atoms with Crippen molar-refractivity contribution in [2.45, 2.75) is 19.4 Å². The van der Waals surface area contributed by atoms with Gasteiger partial charge in [0.15, 0.2) is 0 Å². The Kier molecular flexibility index (Phi) is 3.67. The summed E-state index contributed by atoms with van der Waals surface area (Å²) >= 11 is 0. The zero-order valence-electron chi connectivity index (χ0n) is 13.3.